The molecule has 26 heavy (non-hydrogen) atoms. The van der Waals surface area contributed by atoms with E-state index in [1.165, 1.54) is 70.0 Å². The van der Waals surface area contributed by atoms with Gasteiger partial charge in [-0.3, -0.25) is 9.88 Å². The Morgan fingerprint density at radius 2 is 1.96 bits per heavy atom. The molecular weight excluding hydrogens is 316 g/mol. The summed E-state index contributed by atoms with van der Waals surface area (Å²) in [4.78, 5) is 7.30. The molecule has 0 aromatic carbocycles. The minimum Gasteiger partial charge on any atom is -0.298 e. The van der Waals surface area contributed by atoms with Crippen molar-refractivity contribution in [1.29, 1.82) is 0 Å². The quantitative estimate of drug-likeness (QED) is 0.659. The molecule has 1 saturated carbocycles. The molecule has 4 aliphatic rings. The third-order valence-corrected chi connectivity index (χ3v) is 8.85. The number of allylic oxidation sites excluding steroid dienone is 2. The Morgan fingerprint density at radius 1 is 1.04 bits per heavy atom. The molecule has 0 radical (unpaired) electrons. The summed E-state index contributed by atoms with van der Waals surface area (Å²) in [6.07, 6.45) is 17.8. The SMILES string of the molecule is C[C@]12CC[C@H]3[C@@H](CCN4CCCCC[C@]34C)[C@@H]1CC=C2c1cccnc1. The first-order valence-corrected chi connectivity index (χ1v) is 11.0. The predicted molar refractivity (Wildman–Crippen MR) is 108 cm³/mol. The van der Waals surface area contributed by atoms with Crippen LogP contribution in [0.5, 0.6) is 0 Å². The highest BCUT2D eigenvalue weighted by molar-refractivity contribution is 5.72. The van der Waals surface area contributed by atoms with Crippen LogP contribution in [0.2, 0.25) is 0 Å². The van der Waals surface area contributed by atoms with Crippen molar-refractivity contribution in [2.75, 3.05) is 13.1 Å². The highest BCUT2D eigenvalue weighted by Crippen LogP contribution is 2.63. The van der Waals surface area contributed by atoms with Gasteiger partial charge in [0.25, 0.3) is 0 Å². The summed E-state index contributed by atoms with van der Waals surface area (Å²) >= 11 is 0. The first-order chi connectivity index (χ1) is 12.6. The number of hydrogen-bond acceptors (Lipinski definition) is 2. The summed E-state index contributed by atoms with van der Waals surface area (Å²) in [5, 5.41) is 0. The number of hydrogen-bond donors (Lipinski definition) is 0. The van der Waals surface area contributed by atoms with E-state index in [-0.39, 0.29) is 0 Å². The van der Waals surface area contributed by atoms with Gasteiger partial charge in [-0.2, -0.15) is 0 Å². The summed E-state index contributed by atoms with van der Waals surface area (Å²) in [6, 6.07) is 4.37. The Labute approximate surface area is 159 Å². The van der Waals surface area contributed by atoms with Crippen molar-refractivity contribution in [3.05, 3.63) is 36.2 Å². The van der Waals surface area contributed by atoms with Crippen LogP contribution in [0.1, 0.15) is 70.8 Å². The van der Waals surface area contributed by atoms with Crippen molar-refractivity contribution in [1.82, 2.24) is 9.88 Å². The molecule has 0 bridgehead atoms. The van der Waals surface area contributed by atoms with Crippen molar-refractivity contribution >= 4 is 5.57 Å². The standard InChI is InChI=1S/C24H34N2/c1-23-13-10-22-19(11-16-26-15-5-3-4-12-24(22,26)2)21(23)9-8-20(23)18-7-6-14-25-17-18/h6-8,14,17,19,21-22H,3-5,9-13,15-16H2,1-2H3/t19-,21-,22-,23+,24+/m0/s1. The lowest BCUT2D eigenvalue weighted by Gasteiger charge is -2.60. The molecule has 2 heteroatoms. The Hall–Kier alpha value is -1.15. The largest absolute Gasteiger partial charge is 0.298 e. The first-order valence-electron chi connectivity index (χ1n) is 11.0. The molecule has 3 heterocycles. The lowest BCUT2D eigenvalue weighted by atomic mass is 9.52. The van der Waals surface area contributed by atoms with E-state index in [2.05, 4.69) is 48.1 Å². The zero-order valence-corrected chi connectivity index (χ0v) is 16.6. The maximum Gasteiger partial charge on any atom is 0.0343 e. The highest BCUT2D eigenvalue weighted by atomic mass is 15.2. The minimum absolute atomic E-state index is 0.369. The maximum absolute atomic E-state index is 4.41. The van der Waals surface area contributed by atoms with Gasteiger partial charge in [-0.15, -0.1) is 0 Å². The lowest BCUT2D eigenvalue weighted by Crippen LogP contribution is -2.61. The molecule has 0 N–H and O–H groups in total. The fourth-order valence-electron chi connectivity index (χ4n) is 7.47. The second kappa shape index (κ2) is 6.19. The number of nitrogens with zero attached hydrogens (tertiary/aromatic N) is 2. The van der Waals surface area contributed by atoms with Gasteiger partial charge < -0.3 is 0 Å². The van der Waals surface area contributed by atoms with Gasteiger partial charge in [0, 0.05) is 17.9 Å². The van der Waals surface area contributed by atoms with Crippen LogP contribution in [0.25, 0.3) is 5.57 Å². The van der Waals surface area contributed by atoms with E-state index in [0.717, 1.165) is 17.8 Å². The van der Waals surface area contributed by atoms with E-state index >= 15 is 0 Å². The van der Waals surface area contributed by atoms with Gasteiger partial charge in [0.2, 0.25) is 0 Å². The molecule has 140 valence electrons. The van der Waals surface area contributed by atoms with Crippen LogP contribution < -0.4 is 0 Å². The fourth-order valence-corrected chi connectivity index (χ4v) is 7.47. The van der Waals surface area contributed by atoms with Gasteiger partial charge in [-0.05, 0) is 98.9 Å². The van der Waals surface area contributed by atoms with Crippen molar-refractivity contribution in [2.45, 2.75) is 70.8 Å². The van der Waals surface area contributed by atoms with E-state index < -0.39 is 0 Å². The monoisotopic (exact) mass is 350 g/mol. The minimum atomic E-state index is 0.369. The maximum atomic E-state index is 4.41. The third-order valence-electron chi connectivity index (χ3n) is 8.85. The normalized spacial score (nSPS) is 43.0. The average molecular weight is 351 g/mol. The van der Waals surface area contributed by atoms with Gasteiger partial charge in [0.05, 0.1) is 0 Å². The molecule has 0 amide bonds. The van der Waals surface area contributed by atoms with Crippen LogP contribution in [0.3, 0.4) is 0 Å². The zero-order valence-electron chi connectivity index (χ0n) is 16.6. The fraction of sp³-hybridized carbons (Fsp3) is 0.708. The Morgan fingerprint density at radius 3 is 2.81 bits per heavy atom. The molecular formula is C24H34N2. The average Bonchev–Trinajstić information content (AvgIpc) is 2.88. The van der Waals surface area contributed by atoms with Crippen LogP contribution in [0, 0.1) is 23.2 Å². The number of fused-ring (bicyclic) bond motifs is 5. The summed E-state index contributed by atoms with van der Waals surface area (Å²) in [5.41, 5.74) is 3.81. The Bertz CT molecular complexity index is 695. The summed E-state index contributed by atoms with van der Waals surface area (Å²) in [7, 11) is 0. The van der Waals surface area contributed by atoms with Crippen LogP contribution >= 0.6 is 0 Å². The number of rotatable bonds is 1. The second-order valence-electron chi connectivity index (χ2n) is 9.87. The first kappa shape index (κ1) is 17.0. The predicted octanol–water partition coefficient (Wildman–Crippen LogP) is 5.56. The molecule has 2 nitrogen and oxygen atoms in total. The van der Waals surface area contributed by atoms with Gasteiger partial charge in [-0.25, -0.2) is 0 Å². The van der Waals surface area contributed by atoms with Crippen molar-refractivity contribution in [3.8, 4) is 0 Å². The van der Waals surface area contributed by atoms with E-state index in [0.29, 0.717) is 11.0 Å². The van der Waals surface area contributed by atoms with Crippen molar-refractivity contribution in [3.63, 3.8) is 0 Å². The zero-order chi connectivity index (χ0) is 17.8. The molecule has 0 spiro atoms. The number of aromatic nitrogens is 1. The van der Waals surface area contributed by atoms with E-state index in [1.54, 1.807) is 5.57 Å². The topological polar surface area (TPSA) is 16.1 Å². The van der Waals surface area contributed by atoms with Gasteiger partial charge in [0.15, 0.2) is 0 Å². The molecule has 1 aromatic heterocycles. The Kier molecular flexibility index (Phi) is 4.04. The van der Waals surface area contributed by atoms with E-state index in [4.69, 9.17) is 0 Å². The summed E-state index contributed by atoms with van der Waals surface area (Å²) in [5.74, 6) is 2.67. The lowest BCUT2D eigenvalue weighted by molar-refractivity contribution is -0.0868. The van der Waals surface area contributed by atoms with Crippen LogP contribution in [0.4, 0.5) is 0 Å². The number of piperidine rings is 1. The molecule has 5 rings (SSSR count). The molecule has 2 aliphatic heterocycles. The van der Waals surface area contributed by atoms with E-state index in [9.17, 15) is 0 Å². The summed E-state index contributed by atoms with van der Waals surface area (Å²) in [6.45, 7) is 7.89. The molecule has 2 aliphatic carbocycles. The van der Waals surface area contributed by atoms with Crippen molar-refractivity contribution in [2.24, 2.45) is 23.2 Å². The second-order valence-corrected chi connectivity index (χ2v) is 9.87. The van der Waals surface area contributed by atoms with Crippen LogP contribution in [0.15, 0.2) is 30.6 Å². The smallest absolute Gasteiger partial charge is 0.0343 e. The third kappa shape index (κ3) is 2.37. The Balaban J connectivity index is 1.45. The van der Waals surface area contributed by atoms with Crippen LogP contribution in [-0.2, 0) is 0 Å². The number of pyridine rings is 1. The summed E-state index contributed by atoms with van der Waals surface area (Å²) < 4.78 is 0. The van der Waals surface area contributed by atoms with Crippen molar-refractivity contribution < 1.29 is 0 Å². The van der Waals surface area contributed by atoms with Gasteiger partial charge in [0.1, 0.15) is 0 Å². The van der Waals surface area contributed by atoms with E-state index in [1.807, 2.05) is 6.20 Å². The molecule has 2 saturated heterocycles. The van der Waals surface area contributed by atoms with Crippen LogP contribution in [-0.4, -0.2) is 28.5 Å². The van der Waals surface area contributed by atoms with Gasteiger partial charge >= 0.3 is 0 Å². The molecule has 0 unspecified atom stereocenters. The molecule has 3 fully saturated rings. The molecule has 5 atom stereocenters. The molecule has 1 aromatic rings. The van der Waals surface area contributed by atoms with Gasteiger partial charge in [-0.1, -0.05) is 31.9 Å². The highest BCUT2D eigenvalue weighted by Gasteiger charge is 2.57.